The maximum Gasteiger partial charge on any atom is 0.234 e. The molecule has 1 aromatic heterocycles. The quantitative estimate of drug-likeness (QED) is 0.808. The molecular weight excluding hydrogens is 314 g/mol. The second kappa shape index (κ2) is 7.08. The number of imidazole rings is 1. The zero-order valence-electron chi connectivity index (χ0n) is 15.5. The topological polar surface area (TPSA) is 53.4 Å². The lowest BCUT2D eigenvalue weighted by Crippen LogP contribution is -2.54. The number of piperazine rings is 1. The van der Waals surface area contributed by atoms with E-state index in [4.69, 9.17) is 0 Å². The molecule has 0 bridgehead atoms. The Morgan fingerprint density at radius 1 is 1.28 bits per heavy atom. The fourth-order valence-electron chi connectivity index (χ4n) is 4.15. The fraction of sp³-hybridized carbons (Fsp3) is 0.789. The van der Waals surface area contributed by atoms with Gasteiger partial charge in [0.05, 0.1) is 13.1 Å². The van der Waals surface area contributed by atoms with E-state index < -0.39 is 0 Å². The molecule has 3 fully saturated rings. The number of nitrogens with zero attached hydrogens (tertiary/aromatic N) is 4. The maximum absolute atomic E-state index is 12.5. The molecule has 1 aliphatic heterocycles. The minimum atomic E-state index is 0.230. The van der Waals surface area contributed by atoms with Crippen LogP contribution in [0, 0.1) is 11.8 Å². The van der Waals surface area contributed by atoms with Crippen LogP contribution in [0.15, 0.2) is 12.4 Å². The van der Waals surface area contributed by atoms with Crippen molar-refractivity contribution in [1.29, 1.82) is 0 Å². The Labute approximate surface area is 150 Å². The highest BCUT2D eigenvalue weighted by Gasteiger charge is 2.42. The van der Waals surface area contributed by atoms with E-state index in [2.05, 4.69) is 31.6 Å². The van der Waals surface area contributed by atoms with Gasteiger partial charge in [-0.05, 0) is 44.4 Å². The summed E-state index contributed by atoms with van der Waals surface area (Å²) >= 11 is 0. The summed E-state index contributed by atoms with van der Waals surface area (Å²) in [4.78, 5) is 21.7. The van der Waals surface area contributed by atoms with Crippen molar-refractivity contribution < 1.29 is 4.79 Å². The zero-order valence-corrected chi connectivity index (χ0v) is 15.5. The molecule has 0 radical (unpaired) electrons. The van der Waals surface area contributed by atoms with E-state index in [0.29, 0.717) is 18.6 Å². The number of amides is 1. The minimum Gasteiger partial charge on any atom is -0.352 e. The van der Waals surface area contributed by atoms with E-state index in [1.54, 1.807) is 0 Å². The minimum absolute atomic E-state index is 0.230. The fourth-order valence-corrected chi connectivity index (χ4v) is 4.15. The van der Waals surface area contributed by atoms with Crippen LogP contribution in [0.1, 0.15) is 38.4 Å². The Bertz CT molecular complexity index is 595. The molecule has 2 saturated carbocycles. The smallest absolute Gasteiger partial charge is 0.234 e. The molecule has 6 heteroatoms. The Morgan fingerprint density at radius 3 is 2.56 bits per heavy atom. The van der Waals surface area contributed by atoms with Gasteiger partial charge >= 0.3 is 0 Å². The Hall–Kier alpha value is -1.40. The largest absolute Gasteiger partial charge is 0.352 e. The highest BCUT2D eigenvalue weighted by Crippen LogP contribution is 2.44. The Morgan fingerprint density at radius 2 is 2.00 bits per heavy atom. The lowest BCUT2D eigenvalue weighted by molar-refractivity contribution is -0.124. The molecule has 1 saturated heterocycles. The molecule has 0 unspecified atom stereocenters. The van der Waals surface area contributed by atoms with E-state index in [0.717, 1.165) is 43.8 Å². The third-order valence-corrected chi connectivity index (χ3v) is 6.07. The molecule has 6 nitrogen and oxygen atoms in total. The SMILES string of the molecule is C[C@@H]1CN(CC(=O)NC(C2CC2)C2CC2)CCN1Cc1nccn1C. The van der Waals surface area contributed by atoms with E-state index >= 15 is 0 Å². The summed E-state index contributed by atoms with van der Waals surface area (Å²) in [5, 5.41) is 3.35. The average molecular weight is 345 g/mol. The van der Waals surface area contributed by atoms with Crippen LogP contribution in [0.25, 0.3) is 0 Å². The molecule has 4 rings (SSSR count). The van der Waals surface area contributed by atoms with Crippen molar-refractivity contribution in [2.45, 2.75) is 51.2 Å². The van der Waals surface area contributed by atoms with Crippen LogP contribution in [0.4, 0.5) is 0 Å². The summed E-state index contributed by atoms with van der Waals surface area (Å²) in [5.74, 6) is 2.87. The summed E-state index contributed by atoms with van der Waals surface area (Å²) in [6.07, 6.45) is 9.09. The molecule has 1 aromatic rings. The molecule has 1 atom stereocenters. The third kappa shape index (κ3) is 4.23. The first-order valence-electron chi connectivity index (χ1n) is 9.82. The second-order valence-electron chi connectivity index (χ2n) is 8.28. The monoisotopic (exact) mass is 345 g/mol. The van der Waals surface area contributed by atoms with Crippen LogP contribution in [-0.2, 0) is 18.4 Å². The van der Waals surface area contributed by atoms with Crippen molar-refractivity contribution in [2.75, 3.05) is 26.2 Å². The molecule has 0 spiro atoms. The number of hydrogen-bond acceptors (Lipinski definition) is 4. The summed E-state index contributed by atoms with van der Waals surface area (Å²) in [6, 6.07) is 0.913. The van der Waals surface area contributed by atoms with Crippen molar-refractivity contribution >= 4 is 5.91 Å². The highest BCUT2D eigenvalue weighted by atomic mass is 16.2. The lowest BCUT2D eigenvalue weighted by atomic mass is 10.1. The van der Waals surface area contributed by atoms with Gasteiger partial charge in [-0.3, -0.25) is 14.6 Å². The van der Waals surface area contributed by atoms with Gasteiger partial charge in [0.25, 0.3) is 0 Å². The Kier molecular flexibility index (Phi) is 4.82. The molecular formula is C19H31N5O. The van der Waals surface area contributed by atoms with Gasteiger partial charge in [-0.2, -0.15) is 0 Å². The first-order valence-corrected chi connectivity index (χ1v) is 9.82. The van der Waals surface area contributed by atoms with Gasteiger partial charge in [0.1, 0.15) is 5.82 Å². The van der Waals surface area contributed by atoms with Gasteiger partial charge in [0.2, 0.25) is 5.91 Å². The molecule has 1 amide bonds. The summed E-state index contributed by atoms with van der Waals surface area (Å²) in [5.41, 5.74) is 0. The molecule has 0 aromatic carbocycles. The molecule has 1 N–H and O–H groups in total. The number of aryl methyl sites for hydroxylation is 1. The van der Waals surface area contributed by atoms with Gasteiger partial charge in [-0.25, -0.2) is 4.98 Å². The molecule has 2 aliphatic carbocycles. The average Bonchev–Trinajstić information content (AvgIpc) is 3.48. The lowest BCUT2D eigenvalue weighted by Gasteiger charge is -2.39. The highest BCUT2D eigenvalue weighted by molar-refractivity contribution is 5.78. The number of aromatic nitrogens is 2. The van der Waals surface area contributed by atoms with E-state index in [9.17, 15) is 4.79 Å². The van der Waals surface area contributed by atoms with Gasteiger partial charge in [-0.15, -0.1) is 0 Å². The van der Waals surface area contributed by atoms with E-state index in [1.165, 1.54) is 25.7 Å². The number of nitrogens with one attached hydrogen (secondary N) is 1. The second-order valence-corrected chi connectivity index (χ2v) is 8.28. The summed E-state index contributed by atoms with van der Waals surface area (Å²) < 4.78 is 2.09. The first-order chi connectivity index (χ1) is 12.1. The van der Waals surface area contributed by atoms with Gasteiger partial charge < -0.3 is 9.88 Å². The molecule has 2 heterocycles. The van der Waals surface area contributed by atoms with Crippen LogP contribution >= 0.6 is 0 Å². The van der Waals surface area contributed by atoms with Crippen molar-refractivity contribution in [3.63, 3.8) is 0 Å². The van der Waals surface area contributed by atoms with Crippen LogP contribution in [0.3, 0.4) is 0 Å². The van der Waals surface area contributed by atoms with Crippen molar-refractivity contribution in [3.8, 4) is 0 Å². The number of hydrogen-bond donors (Lipinski definition) is 1. The predicted molar refractivity (Wildman–Crippen MR) is 96.9 cm³/mol. The molecule has 3 aliphatic rings. The zero-order chi connectivity index (χ0) is 17.4. The maximum atomic E-state index is 12.5. The van der Waals surface area contributed by atoms with Gasteiger partial charge in [0.15, 0.2) is 0 Å². The number of rotatable bonds is 7. The van der Waals surface area contributed by atoms with Gasteiger partial charge in [-0.1, -0.05) is 0 Å². The third-order valence-electron chi connectivity index (χ3n) is 6.07. The number of carbonyl (C=O) groups is 1. The van der Waals surface area contributed by atoms with E-state index in [-0.39, 0.29) is 5.91 Å². The molecule has 25 heavy (non-hydrogen) atoms. The first kappa shape index (κ1) is 17.0. The van der Waals surface area contributed by atoms with Crippen molar-refractivity contribution in [3.05, 3.63) is 18.2 Å². The van der Waals surface area contributed by atoms with Crippen molar-refractivity contribution in [2.24, 2.45) is 18.9 Å². The predicted octanol–water partition coefficient (Wildman–Crippen LogP) is 1.23. The number of carbonyl (C=O) groups excluding carboxylic acids is 1. The van der Waals surface area contributed by atoms with E-state index in [1.807, 2.05) is 19.4 Å². The van der Waals surface area contributed by atoms with Gasteiger partial charge in [0, 0.05) is 51.2 Å². The Balaban J connectivity index is 1.24. The van der Waals surface area contributed by atoms with Crippen LogP contribution in [-0.4, -0.2) is 63.5 Å². The summed E-state index contributed by atoms with van der Waals surface area (Å²) in [6.45, 7) is 6.60. The van der Waals surface area contributed by atoms with Crippen molar-refractivity contribution in [1.82, 2.24) is 24.7 Å². The summed E-state index contributed by atoms with van der Waals surface area (Å²) in [7, 11) is 2.05. The van der Waals surface area contributed by atoms with Crippen LogP contribution < -0.4 is 5.32 Å². The van der Waals surface area contributed by atoms with Crippen LogP contribution in [0.2, 0.25) is 0 Å². The molecule has 138 valence electrons. The standard InChI is InChI=1S/C19H31N5O/c1-14-11-23(9-10-24(14)12-17-20-7-8-22(17)2)13-18(25)21-19(15-3-4-15)16-5-6-16/h7-8,14-16,19H,3-6,9-13H2,1-2H3,(H,21,25)/t14-/m1/s1. The normalized spacial score (nSPS) is 25.5. The van der Waals surface area contributed by atoms with Crippen LogP contribution in [0.5, 0.6) is 0 Å².